The monoisotopic (exact) mass is 173 g/mol. The number of thiazole rings is 1. The quantitative estimate of drug-likeness (QED) is 0.473. The summed E-state index contributed by atoms with van der Waals surface area (Å²) in [7, 11) is 0. The number of aromatic nitrogens is 1. The first-order chi connectivity index (χ1) is 5.29. The molecular weight excluding hydrogens is 162 g/mol. The van der Waals surface area contributed by atoms with Gasteiger partial charge in [0.2, 0.25) is 4.80 Å². The minimum absolute atomic E-state index is 0.116. The van der Waals surface area contributed by atoms with Crippen molar-refractivity contribution < 1.29 is 5.11 Å². The zero-order valence-electron chi connectivity index (χ0n) is 6.32. The van der Waals surface area contributed by atoms with Crippen molar-refractivity contribution in [3.63, 3.8) is 0 Å². The molecule has 0 aliphatic rings. The second-order valence-electron chi connectivity index (χ2n) is 2.16. The van der Waals surface area contributed by atoms with Gasteiger partial charge in [0, 0.05) is 17.6 Å². The van der Waals surface area contributed by atoms with E-state index in [1.165, 1.54) is 11.3 Å². The number of aliphatic hydroxyl groups is 1. The molecule has 0 aromatic carbocycles. The molecule has 5 heteroatoms. The number of aliphatic hydroxyl groups excluding tert-OH is 1. The molecule has 11 heavy (non-hydrogen) atoms. The Bertz CT molecular complexity index is 288. The highest BCUT2D eigenvalue weighted by atomic mass is 32.1. The third-order valence-electron chi connectivity index (χ3n) is 1.43. The number of nitrogens with zero attached hydrogens (tertiary/aromatic N) is 2. The molecule has 0 spiro atoms. The van der Waals surface area contributed by atoms with E-state index >= 15 is 0 Å². The van der Waals surface area contributed by atoms with Gasteiger partial charge in [-0.05, 0) is 6.92 Å². The fourth-order valence-corrected chi connectivity index (χ4v) is 1.71. The molecule has 0 bridgehead atoms. The summed E-state index contributed by atoms with van der Waals surface area (Å²) in [5, 5.41) is 14.2. The summed E-state index contributed by atoms with van der Waals surface area (Å²) in [6.45, 7) is 2.64. The van der Waals surface area contributed by atoms with Gasteiger partial charge in [-0.1, -0.05) is 0 Å². The number of hydrogen-bond donors (Lipinski definition) is 2. The SMILES string of the molecule is Cc1csc(=NN)n1CCO. The van der Waals surface area contributed by atoms with E-state index in [0.29, 0.717) is 6.54 Å². The van der Waals surface area contributed by atoms with E-state index in [0.717, 1.165) is 10.5 Å². The first-order valence-electron chi connectivity index (χ1n) is 3.29. The summed E-state index contributed by atoms with van der Waals surface area (Å²) in [4.78, 5) is 0.747. The minimum atomic E-state index is 0.116. The highest BCUT2D eigenvalue weighted by Crippen LogP contribution is 1.98. The van der Waals surface area contributed by atoms with Gasteiger partial charge in [0.1, 0.15) is 0 Å². The molecule has 0 fully saturated rings. The third kappa shape index (κ3) is 1.61. The lowest BCUT2D eigenvalue weighted by Gasteiger charge is -2.00. The van der Waals surface area contributed by atoms with E-state index in [9.17, 15) is 0 Å². The standard InChI is InChI=1S/C6H11N3OS/c1-5-4-11-6(8-7)9(5)2-3-10/h4,10H,2-3,7H2,1H3. The molecule has 0 aliphatic heterocycles. The summed E-state index contributed by atoms with van der Waals surface area (Å²) in [5.74, 6) is 5.13. The predicted molar refractivity (Wildman–Crippen MR) is 43.9 cm³/mol. The summed E-state index contributed by atoms with van der Waals surface area (Å²) in [5.41, 5.74) is 1.08. The Morgan fingerprint density at radius 2 is 2.55 bits per heavy atom. The van der Waals surface area contributed by atoms with Gasteiger partial charge < -0.3 is 15.5 Å². The second kappa shape index (κ2) is 3.54. The molecule has 0 unspecified atom stereocenters. The molecule has 0 aliphatic carbocycles. The first-order valence-corrected chi connectivity index (χ1v) is 4.17. The maximum atomic E-state index is 8.68. The molecular formula is C6H11N3OS. The zero-order chi connectivity index (χ0) is 8.27. The smallest absolute Gasteiger partial charge is 0.207 e. The van der Waals surface area contributed by atoms with E-state index in [2.05, 4.69) is 5.10 Å². The molecule has 0 saturated carbocycles. The van der Waals surface area contributed by atoms with Crippen LogP contribution in [0, 0.1) is 6.92 Å². The molecule has 4 nitrogen and oxygen atoms in total. The van der Waals surface area contributed by atoms with Crippen LogP contribution < -0.4 is 10.6 Å². The van der Waals surface area contributed by atoms with Crippen molar-refractivity contribution in [3.05, 3.63) is 15.9 Å². The van der Waals surface area contributed by atoms with Crippen LogP contribution >= 0.6 is 11.3 Å². The Balaban J connectivity index is 3.08. The van der Waals surface area contributed by atoms with Crippen LogP contribution in [0.3, 0.4) is 0 Å². The van der Waals surface area contributed by atoms with E-state index in [1.807, 2.05) is 16.9 Å². The molecule has 1 aromatic rings. The lowest BCUT2D eigenvalue weighted by Crippen LogP contribution is -2.19. The maximum absolute atomic E-state index is 8.68. The van der Waals surface area contributed by atoms with Crippen LogP contribution in [0.1, 0.15) is 5.69 Å². The molecule has 1 heterocycles. The minimum Gasteiger partial charge on any atom is -0.395 e. The van der Waals surface area contributed by atoms with E-state index in [1.54, 1.807) is 0 Å². The van der Waals surface area contributed by atoms with Crippen molar-refractivity contribution in [1.29, 1.82) is 0 Å². The molecule has 62 valence electrons. The zero-order valence-corrected chi connectivity index (χ0v) is 7.14. The molecule has 1 rings (SSSR count). The fourth-order valence-electron chi connectivity index (χ4n) is 0.888. The first kappa shape index (κ1) is 8.29. The highest BCUT2D eigenvalue weighted by Gasteiger charge is 1.98. The van der Waals surface area contributed by atoms with Crippen molar-refractivity contribution in [2.24, 2.45) is 10.9 Å². The Morgan fingerprint density at radius 3 is 3.09 bits per heavy atom. The van der Waals surface area contributed by atoms with Gasteiger partial charge in [0.25, 0.3) is 0 Å². The lowest BCUT2D eigenvalue weighted by atomic mass is 10.5. The number of nitrogens with two attached hydrogens (primary N) is 1. The van der Waals surface area contributed by atoms with E-state index in [4.69, 9.17) is 10.9 Å². The molecule has 1 aromatic heterocycles. The molecule has 0 saturated heterocycles. The third-order valence-corrected chi connectivity index (χ3v) is 2.42. The van der Waals surface area contributed by atoms with Crippen LogP contribution in [-0.2, 0) is 6.54 Å². The fraction of sp³-hybridized carbons (Fsp3) is 0.500. The van der Waals surface area contributed by atoms with E-state index < -0.39 is 0 Å². The average molecular weight is 173 g/mol. The van der Waals surface area contributed by atoms with E-state index in [-0.39, 0.29) is 6.61 Å². The Labute approximate surface area is 68.6 Å². The van der Waals surface area contributed by atoms with Gasteiger partial charge >= 0.3 is 0 Å². The summed E-state index contributed by atoms with van der Waals surface area (Å²) in [6, 6.07) is 0. The van der Waals surface area contributed by atoms with Gasteiger partial charge in [-0.15, -0.1) is 11.3 Å². The van der Waals surface area contributed by atoms with Crippen molar-refractivity contribution in [2.75, 3.05) is 6.61 Å². The second-order valence-corrected chi connectivity index (χ2v) is 3.00. The Hall–Kier alpha value is -0.810. The lowest BCUT2D eigenvalue weighted by molar-refractivity contribution is 0.273. The van der Waals surface area contributed by atoms with Crippen molar-refractivity contribution >= 4 is 11.3 Å². The van der Waals surface area contributed by atoms with Crippen LogP contribution in [0.4, 0.5) is 0 Å². The molecule has 0 amide bonds. The average Bonchev–Trinajstić information content (AvgIpc) is 2.34. The Morgan fingerprint density at radius 1 is 1.82 bits per heavy atom. The van der Waals surface area contributed by atoms with Crippen molar-refractivity contribution in [2.45, 2.75) is 13.5 Å². The van der Waals surface area contributed by atoms with Gasteiger partial charge in [-0.3, -0.25) is 0 Å². The summed E-state index contributed by atoms with van der Waals surface area (Å²) in [6.07, 6.45) is 0. The summed E-state index contributed by atoms with van der Waals surface area (Å²) >= 11 is 1.48. The predicted octanol–water partition coefficient (Wildman–Crippen LogP) is -0.375. The number of hydrogen-bond acceptors (Lipinski definition) is 4. The van der Waals surface area contributed by atoms with Crippen LogP contribution in [0.25, 0.3) is 0 Å². The van der Waals surface area contributed by atoms with Crippen LogP contribution in [0.2, 0.25) is 0 Å². The number of aryl methyl sites for hydroxylation is 1. The maximum Gasteiger partial charge on any atom is 0.207 e. The van der Waals surface area contributed by atoms with Gasteiger partial charge in [-0.25, -0.2) is 0 Å². The van der Waals surface area contributed by atoms with Crippen molar-refractivity contribution in [1.82, 2.24) is 4.57 Å². The van der Waals surface area contributed by atoms with Gasteiger partial charge in [-0.2, -0.15) is 5.10 Å². The number of rotatable bonds is 2. The van der Waals surface area contributed by atoms with Crippen LogP contribution in [0.5, 0.6) is 0 Å². The topological polar surface area (TPSA) is 63.5 Å². The largest absolute Gasteiger partial charge is 0.395 e. The van der Waals surface area contributed by atoms with Gasteiger partial charge in [0.15, 0.2) is 0 Å². The normalized spacial score (nSPS) is 12.4. The molecule has 0 atom stereocenters. The van der Waals surface area contributed by atoms with Crippen molar-refractivity contribution in [3.8, 4) is 0 Å². The highest BCUT2D eigenvalue weighted by molar-refractivity contribution is 7.07. The molecule has 0 radical (unpaired) electrons. The summed E-state index contributed by atoms with van der Waals surface area (Å²) < 4.78 is 1.88. The van der Waals surface area contributed by atoms with Crippen LogP contribution in [-0.4, -0.2) is 16.3 Å². The van der Waals surface area contributed by atoms with Crippen LogP contribution in [0.15, 0.2) is 10.5 Å². The molecule has 3 N–H and O–H groups in total. The Kier molecular flexibility index (Phi) is 2.67. The van der Waals surface area contributed by atoms with Gasteiger partial charge in [0.05, 0.1) is 6.61 Å².